The van der Waals surface area contributed by atoms with Gasteiger partial charge in [0.25, 0.3) is 5.56 Å². The molecular formula is C20H35N5O29P6. The average Bonchev–Trinajstić information content (AvgIpc) is 3.48. The van der Waals surface area contributed by atoms with Crippen LogP contribution >= 0.6 is 46.9 Å². The van der Waals surface area contributed by atoms with Crippen LogP contribution in [0.4, 0.5) is 5.82 Å². The number of anilines is 1. The van der Waals surface area contributed by atoms with Gasteiger partial charge in [0, 0.05) is 23.5 Å². The Hall–Kier alpha value is -2.06. The fourth-order valence-electron chi connectivity index (χ4n) is 4.67. The molecular weight excluding hydrogens is 960 g/mol. The molecule has 0 amide bonds. The first-order valence-electron chi connectivity index (χ1n) is 15.3. The number of nitrogens with two attached hydrogens (primary N) is 1. The van der Waals surface area contributed by atoms with Crippen molar-refractivity contribution in [3.63, 3.8) is 0 Å². The van der Waals surface area contributed by atoms with Gasteiger partial charge in [-0.05, 0) is 13.8 Å². The van der Waals surface area contributed by atoms with E-state index in [1.807, 2.05) is 4.98 Å². The minimum Gasteiger partial charge on any atom is -0.387 e. The van der Waals surface area contributed by atoms with Gasteiger partial charge in [-0.25, -0.2) is 37.0 Å². The Morgan fingerprint density at radius 3 is 1.42 bits per heavy atom. The first kappa shape index (κ1) is 52.3. The second kappa shape index (κ2) is 19.4. The normalized spacial score (nSPS) is 28.8. The van der Waals surface area contributed by atoms with Crippen LogP contribution in [0.5, 0.6) is 0 Å². The molecule has 2 aromatic heterocycles. The van der Waals surface area contributed by atoms with Gasteiger partial charge in [0.1, 0.15) is 42.4 Å². The minimum absolute atomic E-state index is 0.0663. The number of ether oxygens (including phenoxy) is 2. The van der Waals surface area contributed by atoms with Crippen molar-refractivity contribution in [1.29, 1.82) is 0 Å². The van der Waals surface area contributed by atoms with Crippen molar-refractivity contribution in [2.75, 3.05) is 18.9 Å². The van der Waals surface area contributed by atoms with E-state index in [4.69, 9.17) is 44.6 Å². The fraction of sp³-hybridized carbons (Fsp3) is 0.600. The fourth-order valence-corrected chi connectivity index (χ4v) is 10.7. The summed E-state index contributed by atoms with van der Waals surface area (Å²) in [5, 5.41) is 40.2. The number of rotatable bonds is 16. The van der Waals surface area contributed by atoms with Crippen molar-refractivity contribution in [3.8, 4) is 0 Å². The van der Waals surface area contributed by atoms with Crippen LogP contribution in [-0.4, -0.2) is 129 Å². The molecule has 2 saturated heterocycles. The summed E-state index contributed by atoms with van der Waals surface area (Å²) in [5.41, 5.74) is 3.28. The first-order chi connectivity index (χ1) is 27.0. The number of aliphatic hydroxyl groups is 4. The molecule has 34 nitrogen and oxygen atoms in total. The number of nitrogens with zero attached hydrogens (tertiary/aromatic N) is 3. The molecule has 2 aliphatic heterocycles. The number of nitrogen functional groups attached to an aromatic ring is 1. The largest absolute Gasteiger partial charge is 0.490 e. The summed E-state index contributed by atoms with van der Waals surface area (Å²) in [5.74, 6) is -0.0755. The molecule has 4 heterocycles. The van der Waals surface area contributed by atoms with E-state index in [9.17, 15) is 72.0 Å². The Morgan fingerprint density at radius 1 is 0.633 bits per heavy atom. The molecule has 15 N–H and O–H groups in total. The number of hydrogen-bond acceptors (Lipinski definition) is 23. The molecule has 0 spiro atoms. The Labute approximate surface area is 331 Å². The van der Waals surface area contributed by atoms with Crippen LogP contribution in [0.15, 0.2) is 26.8 Å². The number of H-pyrrole nitrogens is 1. The Morgan fingerprint density at radius 2 is 1.02 bits per heavy atom. The molecule has 4 rings (SSSR count). The maximum Gasteiger partial charge on any atom is 0.490 e. The third-order valence-electron chi connectivity index (χ3n) is 7.18. The van der Waals surface area contributed by atoms with Crippen LogP contribution in [0, 0.1) is 13.8 Å². The van der Waals surface area contributed by atoms with E-state index in [1.165, 1.54) is 20.0 Å². The summed E-state index contributed by atoms with van der Waals surface area (Å²) < 4.78 is 102. The summed E-state index contributed by atoms with van der Waals surface area (Å²) in [6.07, 6.45) is -11.0. The number of aryl methyl sites for hydroxylation is 2. The monoisotopic (exact) mass is 995 g/mol. The standard InChI is InChI=1S/C10H18N3O14P3.C10H17N2O15P3/c1-4-2-13(10(16)12-8(4)11)9-7(15)6(14)5(25-9)3-24-29(20,21)27-30(22,23)26-28(17,18)19;1-4-2-12(10(16)11-8(4)15)9-7(14)6(13)5(25-9)3-24-29(20,21)27-30(22,23)26-28(17,18)19/h2,5-7,9,14-15H,3H2,1H3,(H,20,21)(H,22,23)(H2,11,12,16)(H2,17,18,19);2,5-7,9,13-14H,3H2,1H3,(H,20,21)(H,22,23)(H,11,15,16)(H2,17,18,19)/t2*5-,6-,7-,9-/m11/s1. The number of aromatic nitrogens is 4. The zero-order valence-corrected chi connectivity index (χ0v) is 35.0. The van der Waals surface area contributed by atoms with Crippen LogP contribution in [0.3, 0.4) is 0 Å². The Balaban J connectivity index is 0.000000320. The zero-order valence-electron chi connectivity index (χ0n) is 29.6. The van der Waals surface area contributed by atoms with Crippen LogP contribution in [0.25, 0.3) is 0 Å². The third-order valence-corrected chi connectivity index (χ3v) is 14.8. The highest BCUT2D eigenvalue weighted by molar-refractivity contribution is 7.67. The molecule has 40 heteroatoms. The minimum atomic E-state index is -5.73. The molecule has 0 radical (unpaired) electrons. The van der Waals surface area contributed by atoms with E-state index in [0.717, 1.165) is 15.3 Å². The lowest BCUT2D eigenvalue weighted by atomic mass is 10.1. The maximum absolute atomic E-state index is 12.0. The smallest absolute Gasteiger partial charge is 0.387 e. The first-order valence-corrected chi connectivity index (χ1v) is 24.3. The number of phosphoric ester groups is 2. The van der Waals surface area contributed by atoms with Gasteiger partial charge in [0.15, 0.2) is 12.5 Å². The topological polar surface area (TPSA) is 535 Å². The lowest BCUT2D eigenvalue weighted by Crippen LogP contribution is -2.38. The van der Waals surface area contributed by atoms with Gasteiger partial charge < -0.3 is 74.8 Å². The van der Waals surface area contributed by atoms with E-state index in [0.29, 0.717) is 5.56 Å². The molecule has 0 bridgehead atoms. The number of phosphoric acid groups is 6. The van der Waals surface area contributed by atoms with Crippen molar-refractivity contribution in [2.45, 2.75) is 62.9 Å². The van der Waals surface area contributed by atoms with Gasteiger partial charge in [-0.15, -0.1) is 0 Å². The summed E-state index contributed by atoms with van der Waals surface area (Å²) in [6, 6.07) is 0. The van der Waals surface area contributed by atoms with E-state index in [2.05, 4.69) is 31.3 Å². The number of aliphatic hydroxyl groups excluding tert-OH is 4. The van der Waals surface area contributed by atoms with Gasteiger partial charge in [0.2, 0.25) is 0 Å². The number of aromatic amines is 1. The highest BCUT2D eigenvalue weighted by atomic mass is 31.3. The van der Waals surface area contributed by atoms with Crippen molar-refractivity contribution >= 4 is 52.8 Å². The SMILES string of the molecule is Cc1cn([C@@H]2O[C@H](COP(=O)(O)OP(=O)(O)OP(=O)(O)O)[C@@H](O)[C@H]2O)c(=O)[nH]c1=O.Cc1cn([C@@H]2O[C@H](COP(=O)(O)OP(=O)(O)OP(=O)(O)O)[C@@H](O)[C@H]2O)c(=O)nc1N. The lowest BCUT2D eigenvalue weighted by Gasteiger charge is -2.19. The molecule has 4 unspecified atom stereocenters. The van der Waals surface area contributed by atoms with Crippen molar-refractivity contribution in [1.82, 2.24) is 19.1 Å². The van der Waals surface area contributed by atoms with Crippen molar-refractivity contribution in [2.24, 2.45) is 0 Å². The predicted octanol–water partition coefficient (Wildman–Crippen LogP) is -4.10. The van der Waals surface area contributed by atoms with Crippen LogP contribution in [0.1, 0.15) is 23.6 Å². The lowest BCUT2D eigenvalue weighted by molar-refractivity contribution is -0.0543. The van der Waals surface area contributed by atoms with E-state index in [1.54, 1.807) is 0 Å². The molecule has 60 heavy (non-hydrogen) atoms. The second-order valence-corrected chi connectivity index (χ2v) is 20.7. The summed E-state index contributed by atoms with van der Waals surface area (Å²) in [7, 11) is -33.5. The van der Waals surface area contributed by atoms with Gasteiger partial charge >= 0.3 is 58.3 Å². The summed E-state index contributed by atoms with van der Waals surface area (Å²) in [6.45, 7) is 0.784. The van der Waals surface area contributed by atoms with Crippen molar-refractivity contribution in [3.05, 3.63) is 54.8 Å². The van der Waals surface area contributed by atoms with Gasteiger partial charge in [-0.2, -0.15) is 22.2 Å². The van der Waals surface area contributed by atoms with Gasteiger partial charge in [0.05, 0.1) is 13.2 Å². The molecule has 0 aliphatic carbocycles. The molecule has 12 atom stereocenters. The average molecular weight is 995 g/mol. The van der Waals surface area contributed by atoms with Crippen LogP contribution < -0.4 is 22.7 Å². The summed E-state index contributed by atoms with van der Waals surface area (Å²) >= 11 is 0. The quantitative estimate of drug-likeness (QED) is 0.0711. The highest BCUT2D eigenvalue weighted by Gasteiger charge is 2.48. The Bertz CT molecular complexity index is 2360. The molecule has 2 fully saturated rings. The molecule has 2 aromatic rings. The molecule has 2 aliphatic rings. The molecule has 0 saturated carbocycles. The zero-order chi connectivity index (χ0) is 46.1. The third kappa shape index (κ3) is 15.0. The van der Waals surface area contributed by atoms with E-state index >= 15 is 0 Å². The van der Waals surface area contributed by atoms with Crippen LogP contribution in [-0.2, 0) is 63.2 Å². The van der Waals surface area contributed by atoms with E-state index < -0.39 is 126 Å². The van der Waals surface area contributed by atoms with Crippen LogP contribution in [0.2, 0.25) is 0 Å². The van der Waals surface area contributed by atoms with E-state index in [-0.39, 0.29) is 11.4 Å². The number of hydrogen-bond donors (Lipinski definition) is 14. The molecule has 0 aromatic carbocycles. The molecule has 344 valence electrons. The predicted molar refractivity (Wildman–Crippen MR) is 185 cm³/mol. The second-order valence-electron chi connectivity index (χ2n) is 11.8. The number of nitrogens with one attached hydrogen (secondary N) is 1. The van der Waals surface area contributed by atoms with Crippen molar-refractivity contribution < 1.29 is 123 Å². The Kier molecular flexibility index (Phi) is 16.9. The van der Waals surface area contributed by atoms with Gasteiger partial charge in [-0.3, -0.25) is 28.0 Å². The maximum atomic E-state index is 12.0. The summed E-state index contributed by atoms with van der Waals surface area (Å²) in [4.78, 5) is 111. The highest BCUT2D eigenvalue weighted by Crippen LogP contribution is 2.67. The van der Waals surface area contributed by atoms with Gasteiger partial charge in [-0.1, -0.05) is 0 Å².